The number of carbonyl (C=O) groups is 2. The zero-order valence-electron chi connectivity index (χ0n) is 11.8. The molecule has 0 aliphatic carbocycles. The maximum absolute atomic E-state index is 13.3. The van der Waals surface area contributed by atoms with Crippen molar-refractivity contribution in [2.45, 2.75) is 39.3 Å². The van der Waals surface area contributed by atoms with Crippen LogP contribution >= 0.6 is 0 Å². The van der Waals surface area contributed by atoms with Gasteiger partial charge in [0.25, 0.3) is 0 Å². The van der Waals surface area contributed by atoms with Gasteiger partial charge < -0.3 is 10.0 Å². The Morgan fingerprint density at radius 1 is 1.40 bits per heavy atom. The fourth-order valence-corrected chi connectivity index (χ4v) is 2.84. The van der Waals surface area contributed by atoms with Crippen LogP contribution in [-0.2, 0) is 16.0 Å². The monoisotopic (exact) mass is 279 g/mol. The second kappa shape index (κ2) is 5.23. The van der Waals surface area contributed by atoms with Gasteiger partial charge in [0.05, 0.1) is 6.04 Å². The molecule has 0 saturated heterocycles. The van der Waals surface area contributed by atoms with Gasteiger partial charge in [-0.15, -0.1) is 0 Å². The average Bonchev–Trinajstić information content (AvgIpc) is 2.36. The number of amides is 1. The number of carbonyl (C=O) groups excluding carboxylic acids is 1. The van der Waals surface area contributed by atoms with E-state index in [2.05, 4.69) is 0 Å². The molecule has 1 amide bonds. The van der Waals surface area contributed by atoms with Gasteiger partial charge in [0, 0.05) is 6.04 Å². The smallest absolute Gasteiger partial charge is 0.315 e. The topological polar surface area (TPSA) is 57.6 Å². The molecular weight excluding hydrogens is 261 g/mol. The van der Waals surface area contributed by atoms with Crippen molar-refractivity contribution in [3.8, 4) is 0 Å². The summed E-state index contributed by atoms with van der Waals surface area (Å²) in [5.41, 5.74) is 1.77. The molecule has 1 N–H and O–H groups in total. The first-order valence-electron chi connectivity index (χ1n) is 6.66. The first-order chi connectivity index (χ1) is 9.32. The molecule has 1 aromatic carbocycles. The van der Waals surface area contributed by atoms with E-state index in [0.717, 1.165) is 11.1 Å². The summed E-state index contributed by atoms with van der Waals surface area (Å²) in [5.74, 6) is -2.88. The highest BCUT2D eigenvalue weighted by Crippen LogP contribution is 2.34. The van der Waals surface area contributed by atoms with Crippen LogP contribution in [0, 0.1) is 11.7 Å². The fraction of sp³-hybridized carbons (Fsp3) is 0.467. The van der Waals surface area contributed by atoms with Gasteiger partial charge in [-0.1, -0.05) is 6.07 Å². The van der Waals surface area contributed by atoms with Crippen LogP contribution in [-0.4, -0.2) is 27.9 Å². The lowest BCUT2D eigenvalue weighted by Crippen LogP contribution is -2.48. The summed E-state index contributed by atoms with van der Waals surface area (Å²) in [5, 5.41) is 8.99. The maximum atomic E-state index is 13.3. The lowest BCUT2D eigenvalue weighted by Gasteiger charge is -2.41. The van der Waals surface area contributed by atoms with Crippen molar-refractivity contribution in [1.29, 1.82) is 0 Å². The molecule has 1 aliphatic heterocycles. The van der Waals surface area contributed by atoms with Crippen molar-refractivity contribution < 1.29 is 19.1 Å². The van der Waals surface area contributed by atoms with E-state index >= 15 is 0 Å². The molecule has 1 aromatic rings. The number of benzene rings is 1. The first-order valence-corrected chi connectivity index (χ1v) is 6.66. The van der Waals surface area contributed by atoms with Crippen molar-refractivity contribution in [3.05, 3.63) is 35.1 Å². The van der Waals surface area contributed by atoms with Gasteiger partial charge in [0.15, 0.2) is 0 Å². The van der Waals surface area contributed by atoms with Crippen LogP contribution in [0.3, 0.4) is 0 Å². The minimum Gasteiger partial charge on any atom is -0.481 e. The molecule has 3 atom stereocenters. The maximum Gasteiger partial charge on any atom is 0.315 e. The highest BCUT2D eigenvalue weighted by atomic mass is 19.1. The summed E-state index contributed by atoms with van der Waals surface area (Å²) < 4.78 is 13.3. The molecule has 0 spiro atoms. The van der Waals surface area contributed by atoms with Crippen molar-refractivity contribution >= 4 is 11.9 Å². The summed E-state index contributed by atoms with van der Waals surface area (Å²) >= 11 is 0. The highest BCUT2D eigenvalue weighted by Gasteiger charge is 2.36. The fourth-order valence-electron chi connectivity index (χ4n) is 2.84. The van der Waals surface area contributed by atoms with Crippen molar-refractivity contribution in [1.82, 2.24) is 4.90 Å². The number of hydrogen-bond donors (Lipinski definition) is 1. The van der Waals surface area contributed by atoms with Crippen LogP contribution in [0.2, 0.25) is 0 Å². The van der Waals surface area contributed by atoms with E-state index < -0.39 is 17.8 Å². The average molecular weight is 279 g/mol. The number of hydrogen-bond acceptors (Lipinski definition) is 2. The molecule has 108 valence electrons. The third kappa shape index (κ3) is 2.40. The minimum absolute atomic E-state index is 0.145. The minimum atomic E-state index is -1.13. The molecular formula is C15H18FNO3. The molecule has 2 rings (SSSR count). The Labute approximate surface area is 117 Å². The summed E-state index contributed by atoms with van der Waals surface area (Å²) in [6.45, 7) is 5.10. The Hall–Kier alpha value is -1.91. The summed E-state index contributed by atoms with van der Waals surface area (Å²) in [7, 11) is 0. The summed E-state index contributed by atoms with van der Waals surface area (Å²) in [4.78, 5) is 24.9. The number of aliphatic carboxylic acids is 1. The third-order valence-electron chi connectivity index (χ3n) is 3.96. The van der Waals surface area contributed by atoms with Crippen LogP contribution in [0.1, 0.15) is 37.9 Å². The number of fused-ring (bicyclic) bond motifs is 1. The van der Waals surface area contributed by atoms with Gasteiger partial charge >= 0.3 is 5.97 Å². The molecule has 0 bridgehead atoms. The van der Waals surface area contributed by atoms with Gasteiger partial charge in [-0.05, 0) is 50.5 Å². The Morgan fingerprint density at radius 2 is 2.05 bits per heavy atom. The lowest BCUT2D eigenvalue weighted by molar-refractivity contribution is -0.152. The van der Waals surface area contributed by atoms with Gasteiger partial charge in [0.2, 0.25) is 5.91 Å². The quantitative estimate of drug-likeness (QED) is 0.846. The highest BCUT2D eigenvalue weighted by molar-refractivity contribution is 5.96. The number of halogens is 1. The molecule has 1 aliphatic rings. The third-order valence-corrected chi connectivity index (χ3v) is 3.96. The van der Waals surface area contributed by atoms with Crippen LogP contribution in [0.15, 0.2) is 18.2 Å². The zero-order chi connectivity index (χ0) is 15.0. The summed E-state index contributed by atoms with van der Waals surface area (Å²) in [6.07, 6.45) is 0.537. The lowest BCUT2D eigenvalue weighted by atomic mass is 9.88. The Bertz CT molecular complexity index is 558. The predicted octanol–water partition coefficient (Wildman–Crippen LogP) is 2.38. The van der Waals surface area contributed by atoms with Gasteiger partial charge in [0.1, 0.15) is 11.7 Å². The van der Waals surface area contributed by atoms with E-state index in [1.165, 1.54) is 19.1 Å². The van der Waals surface area contributed by atoms with Crippen molar-refractivity contribution in [2.24, 2.45) is 5.92 Å². The standard InChI is InChI=1S/C15H18FNO3/c1-8-6-11-7-12(16)4-5-13(11)10(3)17(8)14(18)9(2)15(19)20/h4-5,7-10H,6H2,1-3H3,(H,19,20). The molecule has 0 radical (unpaired) electrons. The van der Waals surface area contributed by atoms with Crippen LogP contribution < -0.4 is 0 Å². The summed E-state index contributed by atoms with van der Waals surface area (Å²) in [6, 6.07) is 4.14. The molecule has 0 saturated carbocycles. The second-order valence-corrected chi connectivity index (χ2v) is 5.38. The normalized spacial score (nSPS) is 23.1. The molecule has 1 heterocycles. The number of carboxylic acids is 1. The largest absolute Gasteiger partial charge is 0.481 e. The molecule has 20 heavy (non-hydrogen) atoms. The van der Waals surface area contributed by atoms with Crippen LogP contribution in [0.25, 0.3) is 0 Å². The first kappa shape index (κ1) is 14.5. The Morgan fingerprint density at radius 3 is 2.65 bits per heavy atom. The van der Waals surface area contributed by atoms with E-state index in [4.69, 9.17) is 5.11 Å². The second-order valence-electron chi connectivity index (χ2n) is 5.38. The van der Waals surface area contributed by atoms with Gasteiger partial charge in [-0.25, -0.2) is 4.39 Å². The molecule has 0 aromatic heterocycles. The zero-order valence-corrected chi connectivity index (χ0v) is 11.8. The van der Waals surface area contributed by atoms with Gasteiger partial charge in [-0.2, -0.15) is 0 Å². The van der Waals surface area contributed by atoms with Gasteiger partial charge in [-0.3, -0.25) is 9.59 Å². The number of rotatable bonds is 2. The van der Waals surface area contributed by atoms with Crippen LogP contribution in [0.5, 0.6) is 0 Å². The van der Waals surface area contributed by atoms with Crippen LogP contribution in [0.4, 0.5) is 4.39 Å². The van der Waals surface area contributed by atoms with E-state index in [9.17, 15) is 14.0 Å². The van der Waals surface area contributed by atoms with Crippen molar-refractivity contribution in [2.75, 3.05) is 0 Å². The number of nitrogens with zero attached hydrogens (tertiary/aromatic N) is 1. The Balaban J connectivity index is 2.35. The number of carboxylic acid groups (broad SMARTS) is 1. The SMILES string of the molecule is CC(C(=O)O)C(=O)N1C(C)Cc2cc(F)ccc2C1C. The Kier molecular flexibility index (Phi) is 3.79. The van der Waals surface area contributed by atoms with E-state index in [0.29, 0.717) is 6.42 Å². The van der Waals surface area contributed by atoms with E-state index in [1.54, 1.807) is 11.0 Å². The molecule has 3 unspecified atom stereocenters. The predicted molar refractivity (Wildman–Crippen MR) is 71.6 cm³/mol. The molecule has 0 fully saturated rings. The van der Waals surface area contributed by atoms with E-state index in [-0.39, 0.29) is 17.9 Å². The molecule has 4 nitrogen and oxygen atoms in total. The van der Waals surface area contributed by atoms with E-state index in [1.807, 2.05) is 13.8 Å². The van der Waals surface area contributed by atoms with Crippen molar-refractivity contribution in [3.63, 3.8) is 0 Å². The molecule has 5 heteroatoms.